The van der Waals surface area contributed by atoms with E-state index in [-0.39, 0.29) is 41.0 Å². The maximum atomic E-state index is 13.5. The van der Waals surface area contributed by atoms with Crippen LogP contribution in [0.25, 0.3) is 0 Å². The summed E-state index contributed by atoms with van der Waals surface area (Å²) >= 11 is 0. The molecule has 3 amide bonds. The van der Waals surface area contributed by atoms with Crippen molar-refractivity contribution < 1.29 is 18.8 Å². The predicted octanol–water partition coefficient (Wildman–Crippen LogP) is 5.73. The number of carbonyl (C=O) groups is 3. The van der Waals surface area contributed by atoms with E-state index >= 15 is 0 Å². The summed E-state index contributed by atoms with van der Waals surface area (Å²) in [6.07, 6.45) is 4.17. The second-order valence-corrected chi connectivity index (χ2v) is 13.2. The molecule has 0 bridgehead atoms. The van der Waals surface area contributed by atoms with Crippen LogP contribution in [0.5, 0.6) is 0 Å². The van der Waals surface area contributed by atoms with Gasteiger partial charge in [0.1, 0.15) is 5.82 Å². The molecule has 238 valence electrons. The summed E-state index contributed by atoms with van der Waals surface area (Å²) in [5, 5.41) is 6.23. The summed E-state index contributed by atoms with van der Waals surface area (Å²) < 4.78 is 13.4. The molecule has 0 atom stereocenters. The SMILES string of the molecule is CC(C)(C)c1ccc(C(=O)Nc2cc(C(=O)NC3CCC(N)CC3)ccc2N2CCCN(C(=O)c3ccc(F)cc3)CC2)cc1. The van der Waals surface area contributed by atoms with Crippen molar-refractivity contribution in [2.24, 2.45) is 5.73 Å². The van der Waals surface area contributed by atoms with E-state index in [1.165, 1.54) is 24.3 Å². The van der Waals surface area contributed by atoms with E-state index in [4.69, 9.17) is 5.73 Å². The van der Waals surface area contributed by atoms with Gasteiger partial charge < -0.3 is 26.2 Å². The van der Waals surface area contributed by atoms with Gasteiger partial charge >= 0.3 is 0 Å². The number of amides is 3. The van der Waals surface area contributed by atoms with E-state index < -0.39 is 0 Å². The number of rotatable bonds is 6. The van der Waals surface area contributed by atoms with E-state index in [0.29, 0.717) is 55.0 Å². The Kier molecular flexibility index (Phi) is 9.87. The molecule has 9 heteroatoms. The number of nitrogens with two attached hydrogens (primary N) is 1. The molecule has 1 aliphatic heterocycles. The second kappa shape index (κ2) is 13.8. The highest BCUT2D eigenvalue weighted by Crippen LogP contribution is 2.30. The normalized spacial score (nSPS) is 19.0. The van der Waals surface area contributed by atoms with E-state index in [0.717, 1.165) is 36.9 Å². The lowest BCUT2D eigenvalue weighted by molar-refractivity contribution is 0.0766. The third kappa shape index (κ3) is 8.08. The van der Waals surface area contributed by atoms with Crippen molar-refractivity contribution in [2.75, 3.05) is 36.4 Å². The number of hydrogen-bond acceptors (Lipinski definition) is 5. The van der Waals surface area contributed by atoms with Gasteiger partial charge in [-0.15, -0.1) is 0 Å². The first-order valence-corrected chi connectivity index (χ1v) is 15.9. The second-order valence-electron chi connectivity index (χ2n) is 13.2. The largest absolute Gasteiger partial charge is 0.368 e. The molecule has 5 rings (SSSR count). The summed E-state index contributed by atoms with van der Waals surface area (Å²) in [4.78, 5) is 43.9. The Morgan fingerprint density at radius 3 is 2.09 bits per heavy atom. The van der Waals surface area contributed by atoms with E-state index in [2.05, 4.69) is 36.3 Å². The molecule has 0 radical (unpaired) electrons. The predicted molar refractivity (Wildman–Crippen MR) is 176 cm³/mol. The zero-order chi connectivity index (χ0) is 32.1. The topological polar surface area (TPSA) is 108 Å². The molecule has 3 aromatic rings. The van der Waals surface area contributed by atoms with Crippen molar-refractivity contribution in [1.29, 1.82) is 0 Å². The van der Waals surface area contributed by atoms with Crippen molar-refractivity contribution >= 4 is 29.1 Å². The minimum Gasteiger partial charge on any atom is -0.368 e. The van der Waals surface area contributed by atoms with Crippen LogP contribution >= 0.6 is 0 Å². The van der Waals surface area contributed by atoms with E-state index in [1.54, 1.807) is 17.0 Å². The van der Waals surface area contributed by atoms with Crippen molar-refractivity contribution in [3.8, 4) is 0 Å². The molecule has 3 aromatic carbocycles. The van der Waals surface area contributed by atoms with Gasteiger partial charge in [-0.3, -0.25) is 14.4 Å². The lowest BCUT2D eigenvalue weighted by Crippen LogP contribution is -2.40. The van der Waals surface area contributed by atoms with Gasteiger partial charge in [-0.25, -0.2) is 4.39 Å². The van der Waals surface area contributed by atoms with Crippen LogP contribution in [0.3, 0.4) is 0 Å². The molecular weight excluding hydrogens is 569 g/mol. The minimum atomic E-state index is -0.381. The zero-order valence-corrected chi connectivity index (χ0v) is 26.4. The molecule has 1 heterocycles. The molecule has 8 nitrogen and oxygen atoms in total. The first kappa shape index (κ1) is 32.2. The number of halogens is 1. The summed E-state index contributed by atoms with van der Waals surface area (Å²) in [7, 11) is 0. The Balaban J connectivity index is 1.37. The molecular formula is C36H44FN5O3. The van der Waals surface area contributed by atoms with Gasteiger partial charge in [-0.2, -0.15) is 0 Å². The first-order chi connectivity index (χ1) is 21.5. The Morgan fingerprint density at radius 2 is 1.42 bits per heavy atom. The molecule has 4 N–H and O–H groups in total. The average molecular weight is 614 g/mol. The lowest BCUT2D eigenvalue weighted by Gasteiger charge is -2.28. The van der Waals surface area contributed by atoms with Crippen molar-refractivity contribution in [3.63, 3.8) is 0 Å². The maximum Gasteiger partial charge on any atom is 0.255 e. The summed E-state index contributed by atoms with van der Waals surface area (Å²) in [6, 6.07) is 18.9. The molecule has 0 aromatic heterocycles. The van der Waals surface area contributed by atoms with E-state index in [1.807, 2.05) is 30.3 Å². The number of nitrogens with one attached hydrogen (secondary N) is 2. The number of carbonyl (C=O) groups excluding carboxylic acids is 3. The third-order valence-electron chi connectivity index (χ3n) is 8.84. The van der Waals surface area contributed by atoms with Crippen LogP contribution in [0.4, 0.5) is 15.8 Å². The maximum absolute atomic E-state index is 13.5. The fraction of sp³-hybridized carbons (Fsp3) is 0.417. The smallest absolute Gasteiger partial charge is 0.255 e. The quantitative estimate of drug-likeness (QED) is 0.329. The molecule has 1 saturated heterocycles. The van der Waals surface area contributed by atoms with E-state index in [9.17, 15) is 18.8 Å². The van der Waals surface area contributed by atoms with Crippen molar-refractivity contribution in [3.05, 3.63) is 94.8 Å². The Hall–Kier alpha value is -4.24. The average Bonchev–Trinajstić information content (AvgIpc) is 3.28. The monoisotopic (exact) mass is 613 g/mol. The Bertz CT molecular complexity index is 1510. The fourth-order valence-corrected chi connectivity index (χ4v) is 6.04. The molecule has 0 unspecified atom stereocenters. The molecule has 1 saturated carbocycles. The number of hydrogen-bond donors (Lipinski definition) is 3. The number of benzene rings is 3. The first-order valence-electron chi connectivity index (χ1n) is 15.9. The number of nitrogens with zero attached hydrogens (tertiary/aromatic N) is 2. The lowest BCUT2D eigenvalue weighted by atomic mass is 9.86. The number of anilines is 2. The highest BCUT2D eigenvalue weighted by molar-refractivity contribution is 6.07. The van der Waals surface area contributed by atoms with Crippen molar-refractivity contribution in [2.45, 2.75) is 70.4 Å². The van der Waals surface area contributed by atoms with Gasteiger partial charge in [0.2, 0.25) is 0 Å². The van der Waals surface area contributed by atoms with Crippen LogP contribution in [-0.2, 0) is 5.41 Å². The van der Waals surface area contributed by atoms with Gasteiger partial charge in [-0.1, -0.05) is 32.9 Å². The molecule has 45 heavy (non-hydrogen) atoms. The standard InChI is InChI=1S/C36H44FN5O3/c1-36(2,3)27-10-5-24(6-11-27)33(43)40-31-23-26(34(44)39-30-16-14-29(38)15-17-30)9-18-32(31)41-19-4-20-42(22-21-41)35(45)25-7-12-28(37)13-8-25/h5-13,18,23,29-30H,4,14-17,19-22,38H2,1-3H3,(H,39,44)(H,40,43). The molecule has 1 aliphatic carbocycles. The van der Waals surface area contributed by atoms with Gasteiger partial charge in [0, 0.05) is 55.0 Å². The highest BCUT2D eigenvalue weighted by atomic mass is 19.1. The van der Waals surface area contributed by atoms with Crippen LogP contribution in [-0.4, -0.2) is 60.9 Å². The summed E-state index contributed by atoms with van der Waals surface area (Å²) in [5.74, 6) is -0.967. The van der Waals surface area contributed by atoms with Gasteiger partial charge in [0.05, 0.1) is 11.4 Å². The van der Waals surface area contributed by atoms with Crippen LogP contribution in [0.15, 0.2) is 66.7 Å². The Morgan fingerprint density at radius 1 is 0.778 bits per heavy atom. The van der Waals surface area contributed by atoms with Crippen molar-refractivity contribution in [1.82, 2.24) is 10.2 Å². The van der Waals surface area contributed by atoms with Gasteiger partial charge in [0.15, 0.2) is 0 Å². The van der Waals surface area contributed by atoms with Crippen LogP contribution in [0.2, 0.25) is 0 Å². The fourth-order valence-electron chi connectivity index (χ4n) is 6.04. The van der Waals surface area contributed by atoms with Crippen LogP contribution in [0, 0.1) is 5.82 Å². The molecule has 2 fully saturated rings. The third-order valence-corrected chi connectivity index (χ3v) is 8.84. The van der Waals surface area contributed by atoms with Gasteiger partial charge in [0.25, 0.3) is 17.7 Å². The Labute approximate surface area is 265 Å². The van der Waals surface area contributed by atoms with Crippen LogP contribution in [0.1, 0.15) is 89.5 Å². The summed E-state index contributed by atoms with van der Waals surface area (Å²) in [5.41, 5.74) is 9.90. The minimum absolute atomic E-state index is 0.0357. The van der Waals surface area contributed by atoms with Crippen LogP contribution < -0.4 is 21.3 Å². The zero-order valence-electron chi connectivity index (χ0n) is 26.4. The highest BCUT2D eigenvalue weighted by Gasteiger charge is 2.25. The molecule has 0 spiro atoms. The van der Waals surface area contributed by atoms with Gasteiger partial charge in [-0.05, 0) is 97.7 Å². The summed E-state index contributed by atoms with van der Waals surface area (Å²) in [6.45, 7) is 8.59. The molecule has 2 aliphatic rings.